The van der Waals surface area contributed by atoms with Gasteiger partial charge in [-0.25, -0.2) is 4.68 Å². The number of carbonyl (C=O) groups excluding carboxylic acids is 2. The number of aromatic nitrogens is 3. The summed E-state index contributed by atoms with van der Waals surface area (Å²) in [5, 5.41) is 11.2. The molecule has 4 aliphatic rings. The van der Waals surface area contributed by atoms with E-state index < -0.39 is 28.8 Å². The van der Waals surface area contributed by atoms with Crippen molar-refractivity contribution in [1.29, 1.82) is 0 Å². The van der Waals surface area contributed by atoms with Crippen molar-refractivity contribution in [2.75, 3.05) is 11.1 Å². The summed E-state index contributed by atoms with van der Waals surface area (Å²) >= 11 is 0. The highest BCUT2D eigenvalue weighted by molar-refractivity contribution is 6.03. The highest BCUT2D eigenvalue weighted by Gasteiger charge is 2.79. The summed E-state index contributed by atoms with van der Waals surface area (Å²) < 4.78 is 46.3. The average molecular weight is 529 g/mol. The Labute approximate surface area is 215 Å². The number of nitrogen functional groups attached to an aromatic ring is 1. The number of anilines is 2. The zero-order valence-electron chi connectivity index (χ0n) is 20.9. The second-order valence-electron chi connectivity index (χ2n) is 11.4. The fourth-order valence-corrected chi connectivity index (χ4v) is 5.94. The predicted octanol–water partition coefficient (Wildman–Crippen LogP) is 4.45. The quantitative estimate of drug-likeness (QED) is 0.414. The lowest BCUT2D eigenvalue weighted by Crippen LogP contribution is -2.70. The van der Waals surface area contributed by atoms with Crippen molar-refractivity contribution in [3.63, 3.8) is 0 Å². The van der Waals surface area contributed by atoms with Crippen molar-refractivity contribution >= 4 is 23.5 Å². The van der Waals surface area contributed by atoms with Crippen molar-refractivity contribution in [2.24, 2.45) is 11.1 Å². The van der Waals surface area contributed by atoms with E-state index in [0.29, 0.717) is 22.5 Å². The topological polar surface area (TPSA) is 142 Å². The van der Waals surface area contributed by atoms with E-state index in [0.717, 1.165) is 12.8 Å². The number of alkyl halides is 3. The summed E-state index contributed by atoms with van der Waals surface area (Å²) in [4.78, 5) is 25.0. The van der Waals surface area contributed by atoms with E-state index in [1.54, 1.807) is 35.9 Å². The molecule has 5 N–H and O–H groups in total. The molecule has 200 valence electrons. The molecule has 1 atom stereocenters. The van der Waals surface area contributed by atoms with Gasteiger partial charge >= 0.3 is 6.18 Å². The lowest BCUT2D eigenvalue weighted by atomic mass is 9.34. The van der Waals surface area contributed by atoms with Crippen LogP contribution in [0.15, 0.2) is 34.9 Å². The molecule has 38 heavy (non-hydrogen) atoms. The largest absolute Gasteiger partial charge is 0.394 e. The van der Waals surface area contributed by atoms with E-state index >= 15 is 0 Å². The van der Waals surface area contributed by atoms with Crippen LogP contribution in [0, 0.1) is 5.41 Å². The molecule has 0 spiro atoms. The van der Waals surface area contributed by atoms with Crippen LogP contribution >= 0.6 is 0 Å². The third-order valence-corrected chi connectivity index (χ3v) is 8.66. The molecule has 9 nitrogen and oxygen atoms in total. The molecular formula is C26H27F3N6O3. The Hall–Kier alpha value is -3.83. The number of amides is 2. The lowest BCUT2D eigenvalue weighted by Gasteiger charge is -2.69. The Balaban J connectivity index is 1.14. The van der Waals surface area contributed by atoms with E-state index in [4.69, 9.17) is 16.0 Å². The van der Waals surface area contributed by atoms with E-state index in [9.17, 15) is 22.8 Å². The summed E-state index contributed by atoms with van der Waals surface area (Å²) in [5.41, 5.74) is 11.7. The molecule has 2 amide bonds. The van der Waals surface area contributed by atoms with E-state index in [1.165, 1.54) is 6.07 Å². The molecule has 3 aromatic rings. The van der Waals surface area contributed by atoms with Crippen LogP contribution in [0.2, 0.25) is 0 Å². The molecule has 0 saturated heterocycles. The fraction of sp³-hybridized carbons (Fsp3) is 0.462. The Bertz CT molecular complexity index is 1450. The van der Waals surface area contributed by atoms with Gasteiger partial charge in [0.25, 0.3) is 5.91 Å². The molecule has 2 aromatic heterocycles. The molecule has 2 heterocycles. The highest BCUT2D eigenvalue weighted by Crippen LogP contribution is 2.78. The van der Waals surface area contributed by atoms with Gasteiger partial charge in [-0.05, 0) is 51.5 Å². The fourth-order valence-electron chi connectivity index (χ4n) is 5.94. The zero-order valence-corrected chi connectivity index (χ0v) is 20.9. The maximum atomic E-state index is 13.1. The van der Waals surface area contributed by atoms with Crippen LogP contribution in [0.25, 0.3) is 11.3 Å². The summed E-state index contributed by atoms with van der Waals surface area (Å²) in [7, 11) is 0. The molecule has 4 fully saturated rings. The lowest BCUT2D eigenvalue weighted by molar-refractivity contribution is -0.338. The van der Waals surface area contributed by atoms with Crippen molar-refractivity contribution in [3.05, 3.63) is 47.2 Å². The number of nitrogens with two attached hydrogens (primary N) is 2. The van der Waals surface area contributed by atoms with Crippen LogP contribution < -0.4 is 16.8 Å². The number of carbonyl (C=O) groups is 2. The van der Waals surface area contributed by atoms with Crippen molar-refractivity contribution in [2.45, 2.75) is 69.0 Å². The van der Waals surface area contributed by atoms with Crippen LogP contribution in [0.4, 0.5) is 24.9 Å². The van der Waals surface area contributed by atoms with Gasteiger partial charge in [0.1, 0.15) is 17.1 Å². The summed E-state index contributed by atoms with van der Waals surface area (Å²) in [6.07, 6.45) is -2.37. The first-order chi connectivity index (χ1) is 17.8. The summed E-state index contributed by atoms with van der Waals surface area (Å²) in [5.74, 6) is -1.27. The van der Waals surface area contributed by atoms with Gasteiger partial charge < -0.3 is 16.0 Å². The number of nitrogens with one attached hydrogen (secondary N) is 1. The number of nitrogens with zero attached hydrogens (tertiary/aromatic N) is 3. The monoisotopic (exact) mass is 528 g/mol. The number of rotatable bonds is 7. The van der Waals surface area contributed by atoms with Gasteiger partial charge in [0.2, 0.25) is 11.8 Å². The van der Waals surface area contributed by atoms with Gasteiger partial charge in [0.05, 0.1) is 22.6 Å². The second-order valence-corrected chi connectivity index (χ2v) is 11.4. The first-order valence-electron chi connectivity index (χ1n) is 12.4. The normalized spacial score (nSPS) is 25.7. The van der Waals surface area contributed by atoms with Crippen LogP contribution in [0.1, 0.15) is 73.5 Å². The van der Waals surface area contributed by atoms with Crippen molar-refractivity contribution < 1.29 is 27.3 Å². The van der Waals surface area contributed by atoms with Gasteiger partial charge in [-0.3, -0.25) is 14.9 Å². The van der Waals surface area contributed by atoms with Crippen LogP contribution in [0.3, 0.4) is 0 Å². The molecule has 1 aromatic carbocycles. The minimum atomic E-state index is -4.20. The van der Waals surface area contributed by atoms with Crippen molar-refractivity contribution in [3.8, 4) is 11.3 Å². The second kappa shape index (κ2) is 7.61. The highest BCUT2D eigenvalue weighted by atomic mass is 19.4. The summed E-state index contributed by atoms with van der Waals surface area (Å²) in [6.45, 7) is 3.73. The van der Waals surface area contributed by atoms with E-state index in [1.807, 2.05) is 6.92 Å². The molecule has 2 bridgehead atoms. The predicted molar refractivity (Wildman–Crippen MR) is 131 cm³/mol. The van der Waals surface area contributed by atoms with Gasteiger partial charge in [0.15, 0.2) is 0 Å². The Kier molecular flexibility index (Phi) is 4.91. The maximum Gasteiger partial charge on any atom is 0.394 e. The SMILES string of the molecule is CC(C(=O)Nc1cc(C23CC(C(F)(F)F)(C2)C3)no1)c1ccc(-c2nn(C3(C)CC3)c(N)c2C(N)=O)cc1. The minimum absolute atomic E-state index is 0.00672. The van der Waals surface area contributed by atoms with Gasteiger partial charge in [0, 0.05) is 17.0 Å². The zero-order chi connectivity index (χ0) is 27.3. The van der Waals surface area contributed by atoms with Gasteiger partial charge in [-0.15, -0.1) is 0 Å². The van der Waals surface area contributed by atoms with Crippen LogP contribution in [0.5, 0.6) is 0 Å². The van der Waals surface area contributed by atoms with Gasteiger partial charge in [-0.1, -0.05) is 29.4 Å². The standard InChI is InChI=1S/C26H27F3N6O3/c1-13(22(37)32-17-9-16(34-38-17)24-10-25(11-24,12-24)26(27,28)29)14-3-5-15(6-4-14)19-18(21(31)36)20(30)35(33-19)23(2)7-8-23/h3-6,9,13H,7-8,10-12,30H2,1-2H3,(H2,31,36)(H,32,37). The van der Waals surface area contributed by atoms with Crippen molar-refractivity contribution in [1.82, 2.24) is 14.9 Å². The Morgan fingerprint density at radius 3 is 2.34 bits per heavy atom. The van der Waals surface area contributed by atoms with Crippen LogP contribution in [-0.2, 0) is 15.7 Å². The molecule has 7 rings (SSSR count). The Morgan fingerprint density at radius 1 is 1.16 bits per heavy atom. The maximum absolute atomic E-state index is 13.1. The number of benzene rings is 1. The first kappa shape index (κ1) is 24.5. The van der Waals surface area contributed by atoms with Gasteiger partial charge in [-0.2, -0.15) is 18.3 Å². The smallest absolute Gasteiger partial charge is 0.383 e. The molecule has 4 saturated carbocycles. The third-order valence-electron chi connectivity index (χ3n) is 8.66. The molecule has 0 aliphatic heterocycles. The average Bonchev–Trinajstić information content (AvgIpc) is 3.20. The number of primary amides is 1. The molecule has 4 aliphatic carbocycles. The van der Waals surface area contributed by atoms with E-state index in [-0.39, 0.29) is 48.0 Å². The number of halogens is 3. The third kappa shape index (κ3) is 3.45. The van der Waals surface area contributed by atoms with Crippen LogP contribution in [-0.4, -0.2) is 32.9 Å². The molecule has 12 heteroatoms. The summed E-state index contributed by atoms with van der Waals surface area (Å²) in [6, 6.07) is 8.52. The molecular weight excluding hydrogens is 501 g/mol. The number of hydrogen-bond donors (Lipinski definition) is 3. The van der Waals surface area contributed by atoms with E-state index in [2.05, 4.69) is 15.6 Å². The Morgan fingerprint density at radius 2 is 1.79 bits per heavy atom. The number of hydrogen-bond acceptors (Lipinski definition) is 6. The minimum Gasteiger partial charge on any atom is -0.383 e. The molecule has 0 radical (unpaired) electrons. The molecule has 1 unspecified atom stereocenters. The first-order valence-corrected chi connectivity index (χ1v) is 12.4.